The van der Waals surface area contributed by atoms with E-state index in [4.69, 9.17) is 0 Å². The highest BCUT2D eigenvalue weighted by Crippen LogP contribution is 2.28. The van der Waals surface area contributed by atoms with E-state index in [-0.39, 0.29) is 6.04 Å². The number of pyridine rings is 1. The molecule has 0 amide bonds. The number of hydrogen-bond acceptors (Lipinski definition) is 4. The topological polar surface area (TPSA) is 37.8 Å². The number of nitrogens with zero attached hydrogens (tertiary/aromatic N) is 2. The van der Waals surface area contributed by atoms with Gasteiger partial charge in [0.15, 0.2) is 0 Å². The average Bonchev–Trinajstić information content (AvgIpc) is 2.94. The molecule has 21 heavy (non-hydrogen) atoms. The molecule has 3 aromatic rings. The van der Waals surface area contributed by atoms with Crippen LogP contribution in [0.4, 0.5) is 0 Å². The van der Waals surface area contributed by atoms with Crippen molar-refractivity contribution >= 4 is 22.2 Å². The van der Waals surface area contributed by atoms with Gasteiger partial charge < -0.3 is 5.32 Å². The first kappa shape index (κ1) is 14.2. The van der Waals surface area contributed by atoms with Crippen LogP contribution < -0.4 is 5.32 Å². The van der Waals surface area contributed by atoms with Crippen molar-refractivity contribution in [2.45, 2.75) is 26.3 Å². The Morgan fingerprint density at radius 3 is 2.90 bits per heavy atom. The van der Waals surface area contributed by atoms with Gasteiger partial charge >= 0.3 is 0 Å². The zero-order chi connectivity index (χ0) is 14.7. The summed E-state index contributed by atoms with van der Waals surface area (Å²) in [5.74, 6) is 0. The maximum Gasteiger partial charge on any atom is 0.0897 e. The molecular formula is C17H19N3S. The van der Waals surface area contributed by atoms with Crippen LogP contribution in [0, 0.1) is 6.92 Å². The summed E-state index contributed by atoms with van der Waals surface area (Å²) in [6.45, 7) is 5.22. The van der Waals surface area contributed by atoms with Gasteiger partial charge in [-0.15, -0.1) is 11.3 Å². The van der Waals surface area contributed by atoms with E-state index in [1.54, 1.807) is 11.3 Å². The van der Waals surface area contributed by atoms with Crippen molar-refractivity contribution in [2.24, 2.45) is 0 Å². The minimum atomic E-state index is 0.197. The third-order valence-electron chi connectivity index (χ3n) is 3.49. The van der Waals surface area contributed by atoms with Gasteiger partial charge in [-0.05, 0) is 37.6 Å². The van der Waals surface area contributed by atoms with Gasteiger partial charge in [0, 0.05) is 22.7 Å². The van der Waals surface area contributed by atoms with Crippen LogP contribution >= 0.6 is 11.3 Å². The molecule has 0 spiro atoms. The maximum absolute atomic E-state index is 4.46. The van der Waals surface area contributed by atoms with E-state index in [1.165, 1.54) is 15.8 Å². The summed E-state index contributed by atoms with van der Waals surface area (Å²) in [6.07, 6.45) is 4.94. The van der Waals surface area contributed by atoms with Gasteiger partial charge in [-0.2, -0.15) is 0 Å². The summed E-state index contributed by atoms with van der Waals surface area (Å²) in [5, 5.41) is 5.90. The number of thiazole rings is 1. The first-order valence-electron chi connectivity index (χ1n) is 7.28. The van der Waals surface area contributed by atoms with Crippen LogP contribution in [0.25, 0.3) is 10.9 Å². The lowest BCUT2D eigenvalue weighted by molar-refractivity contribution is 0.605. The molecule has 1 unspecified atom stereocenters. The second-order valence-corrected chi connectivity index (χ2v) is 6.39. The van der Waals surface area contributed by atoms with Crippen LogP contribution in [0.2, 0.25) is 0 Å². The zero-order valence-corrected chi connectivity index (χ0v) is 13.2. The number of aryl methyl sites for hydroxylation is 1. The minimum Gasteiger partial charge on any atom is -0.306 e. The molecule has 1 N–H and O–H groups in total. The fourth-order valence-corrected chi connectivity index (χ4v) is 3.33. The van der Waals surface area contributed by atoms with Gasteiger partial charge in [0.2, 0.25) is 0 Å². The van der Waals surface area contributed by atoms with Gasteiger partial charge in [-0.1, -0.05) is 25.1 Å². The van der Waals surface area contributed by atoms with E-state index in [9.17, 15) is 0 Å². The van der Waals surface area contributed by atoms with Crippen molar-refractivity contribution in [3.63, 3.8) is 0 Å². The van der Waals surface area contributed by atoms with E-state index in [2.05, 4.69) is 46.5 Å². The second-order valence-electron chi connectivity index (χ2n) is 5.12. The van der Waals surface area contributed by atoms with Crippen molar-refractivity contribution in [3.8, 4) is 0 Å². The molecule has 0 fully saturated rings. The summed E-state index contributed by atoms with van der Waals surface area (Å²) in [4.78, 5) is 10.1. The summed E-state index contributed by atoms with van der Waals surface area (Å²) in [6, 6.07) is 10.8. The van der Waals surface area contributed by atoms with Crippen molar-refractivity contribution in [3.05, 3.63) is 58.2 Å². The lowest BCUT2D eigenvalue weighted by atomic mass is 10.0. The van der Waals surface area contributed by atoms with Crippen LogP contribution in [0.3, 0.4) is 0 Å². The Labute approximate surface area is 129 Å². The summed E-state index contributed by atoms with van der Waals surface area (Å²) < 4.78 is 0. The van der Waals surface area contributed by atoms with Gasteiger partial charge in [-0.25, -0.2) is 4.98 Å². The van der Waals surface area contributed by atoms with Crippen LogP contribution in [0.15, 0.2) is 42.7 Å². The molecule has 108 valence electrons. The highest BCUT2D eigenvalue weighted by atomic mass is 32.1. The zero-order valence-electron chi connectivity index (χ0n) is 12.3. The lowest BCUT2D eigenvalue weighted by Crippen LogP contribution is -2.22. The molecule has 0 aliphatic rings. The molecule has 2 heterocycles. The van der Waals surface area contributed by atoms with Crippen molar-refractivity contribution in [2.75, 3.05) is 6.54 Å². The Hall–Kier alpha value is -1.78. The number of hydrogen-bond donors (Lipinski definition) is 1. The number of rotatable bonds is 5. The molecule has 0 saturated carbocycles. The molecule has 1 atom stereocenters. The van der Waals surface area contributed by atoms with E-state index in [1.807, 2.05) is 25.4 Å². The number of benzene rings is 1. The fourth-order valence-electron chi connectivity index (χ4n) is 2.45. The normalized spacial score (nSPS) is 12.7. The molecule has 0 radical (unpaired) electrons. The summed E-state index contributed by atoms with van der Waals surface area (Å²) >= 11 is 1.75. The van der Waals surface area contributed by atoms with Crippen molar-refractivity contribution in [1.29, 1.82) is 0 Å². The standard InChI is InChI=1S/C17H19N3S/c1-3-8-19-17(16-11-20-12(2)21-16)14-7-6-13-5-4-9-18-15(13)10-14/h4-7,9-11,17,19H,3,8H2,1-2H3. The largest absolute Gasteiger partial charge is 0.306 e. The Balaban J connectivity index is 2.00. The third-order valence-corrected chi connectivity index (χ3v) is 4.46. The predicted molar refractivity (Wildman–Crippen MR) is 88.7 cm³/mol. The Morgan fingerprint density at radius 2 is 2.14 bits per heavy atom. The van der Waals surface area contributed by atoms with E-state index >= 15 is 0 Å². The van der Waals surface area contributed by atoms with Crippen LogP contribution in [-0.4, -0.2) is 16.5 Å². The van der Waals surface area contributed by atoms with Crippen molar-refractivity contribution < 1.29 is 0 Å². The SMILES string of the molecule is CCCNC(c1ccc2cccnc2c1)c1cnc(C)s1. The molecule has 2 aromatic heterocycles. The van der Waals surface area contributed by atoms with Crippen molar-refractivity contribution in [1.82, 2.24) is 15.3 Å². The molecule has 0 saturated heterocycles. The molecule has 3 nitrogen and oxygen atoms in total. The van der Waals surface area contributed by atoms with E-state index < -0.39 is 0 Å². The maximum atomic E-state index is 4.46. The molecule has 4 heteroatoms. The van der Waals surface area contributed by atoms with Gasteiger partial charge in [0.1, 0.15) is 0 Å². The van der Waals surface area contributed by atoms with E-state index in [0.717, 1.165) is 23.5 Å². The summed E-state index contributed by atoms with van der Waals surface area (Å²) in [5.41, 5.74) is 2.29. The monoisotopic (exact) mass is 297 g/mol. The van der Waals surface area contributed by atoms with Crippen LogP contribution in [-0.2, 0) is 0 Å². The molecular weight excluding hydrogens is 278 g/mol. The number of fused-ring (bicyclic) bond motifs is 1. The fraction of sp³-hybridized carbons (Fsp3) is 0.294. The molecule has 0 bridgehead atoms. The van der Waals surface area contributed by atoms with Crippen LogP contribution in [0.1, 0.15) is 34.8 Å². The Kier molecular flexibility index (Phi) is 4.27. The first-order valence-corrected chi connectivity index (χ1v) is 8.10. The smallest absolute Gasteiger partial charge is 0.0897 e. The highest BCUT2D eigenvalue weighted by molar-refractivity contribution is 7.11. The second kappa shape index (κ2) is 6.33. The van der Waals surface area contributed by atoms with Crippen LogP contribution in [0.5, 0.6) is 0 Å². The molecule has 0 aliphatic carbocycles. The quantitative estimate of drug-likeness (QED) is 0.771. The van der Waals surface area contributed by atoms with Gasteiger partial charge in [-0.3, -0.25) is 4.98 Å². The Bertz CT molecular complexity index is 735. The lowest BCUT2D eigenvalue weighted by Gasteiger charge is -2.17. The minimum absolute atomic E-state index is 0.197. The molecule has 1 aromatic carbocycles. The average molecular weight is 297 g/mol. The highest BCUT2D eigenvalue weighted by Gasteiger charge is 2.16. The number of nitrogens with one attached hydrogen (secondary N) is 1. The Morgan fingerprint density at radius 1 is 1.24 bits per heavy atom. The third kappa shape index (κ3) is 3.12. The summed E-state index contributed by atoms with van der Waals surface area (Å²) in [7, 11) is 0. The predicted octanol–water partition coefficient (Wildman–Crippen LogP) is 4.09. The molecule has 0 aliphatic heterocycles. The first-order chi connectivity index (χ1) is 10.3. The molecule has 3 rings (SSSR count). The van der Waals surface area contributed by atoms with Gasteiger partial charge in [0.25, 0.3) is 0 Å². The number of aromatic nitrogens is 2. The van der Waals surface area contributed by atoms with E-state index in [0.29, 0.717) is 0 Å². The van der Waals surface area contributed by atoms with Gasteiger partial charge in [0.05, 0.1) is 16.6 Å².